The van der Waals surface area contributed by atoms with Crippen molar-refractivity contribution in [3.63, 3.8) is 0 Å². The van der Waals surface area contributed by atoms with Crippen molar-refractivity contribution < 1.29 is 17.7 Å². The van der Waals surface area contributed by atoms with Gasteiger partial charge in [-0.2, -0.15) is 18.2 Å². The first-order valence-electron chi connectivity index (χ1n) is 5.15. The number of rotatable bonds is 3. The van der Waals surface area contributed by atoms with Crippen molar-refractivity contribution in [1.29, 1.82) is 0 Å². The molecule has 4 nitrogen and oxygen atoms in total. The SMILES string of the molecule is CNCc1nc(-c2cccc(C(F)(F)F)c2)no1.Cl. The molecule has 0 bridgehead atoms. The van der Waals surface area contributed by atoms with Gasteiger partial charge in [0.05, 0.1) is 12.1 Å². The molecule has 1 heterocycles. The molecule has 0 aliphatic rings. The van der Waals surface area contributed by atoms with Gasteiger partial charge in [-0.3, -0.25) is 0 Å². The maximum Gasteiger partial charge on any atom is 0.416 e. The molecule has 0 amide bonds. The average molecular weight is 294 g/mol. The van der Waals surface area contributed by atoms with Gasteiger partial charge in [0.15, 0.2) is 0 Å². The number of halogens is 4. The highest BCUT2D eigenvalue weighted by atomic mass is 35.5. The molecule has 0 saturated carbocycles. The van der Waals surface area contributed by atoms with Crippen LogP contribution in [0.5, 0.6) is 0 Å². The van der Waals surface area contributed by atoms with E-state index in [1.807, 2.05) is 0 Å². The molecule has 8 heteroatoms. The summed E-state index contributed by atoms with van der Waals surface area (Å²) in [6.45, 7) is 0.367. The maximum atomic E-state index is 12.5. The smallest absolute Gasteiger partial charge is 0.338 e. The molecule has 1 aromatic carbocycles. The van der Waals surface area contributed by atoms with Crippen LogP contribution in [0, 0.1) is 0 Å². The number of benzene rings is 1. The molecule has 0 atom stereocenters. The fraction of sp³-hybridized carbons (Fsp3) is 0.273. The number of aromatic nitrogens is 2. The minimum Gasteiger partial charge on any atom is -0.338 e. The highest BCUT2D eigenvalue weighted by Gasteiger charge is 2.30. The quantitative estimate of drug-likeness (QED) is 0.945. The first kappa shape index (κ1) is 15.5. The van der Waals surface area contributed by atoms with Crippen LogP contribution < -0.4 is 5.32 Å². The van der Waals surface area contributed by atoms with E-state index in [0.29, 0.717) is 12.4 Å². The predicted octanol–water partition coefficient (Wildman–Crippen LogP) is 2.90. The molecule has 2 aromatic rings. The fourth-order valence-corrected chi connectivity index (χ4v) is 1.43. The molecule has 1 N–H and O–H groups in total. The molecule has 19 heavy (non-hydrogen) atoms. The molecule has 2 rings (SSSR count). The molecule has 0 aliphatic heterocycles. The third kappa shape index (κ3) is 3.68. The Morgan fingerprint density at radius 1 is 1.32 bits per heavy atom. The summed E-state index contributed by atoms with van der Waals surface area (Å²) in [6.07, 6.45) is -4.38. The number of hydrogen-bond donors (Lipinski definition) is 1. The van der Waals surface area contributed by atoms with Crippen molar-refractivity contribution in [1.82, 2.24) is 15.5 Å². The van der Waals surface area contributed by atoms with Gasteiger partial charge in [0.1, 0.15) is 0 Å². The zero-order valence-corrected chi connectivity index (χ0v) is 10.7. The van der Waals surface area contributed by atoms with E-state index in [-0.39, 0.29) is 23.8 Å². The predicted molar refractivity (Wildman–Crippen MR) is 64.7 cm³/mol. The van der Waals surface area contributed by atoms with E-state index in [1.54, 1.807) is 7.05 Å². The summed E-state index contributed by atoms with van der Waals surface area (Å²) < 4.78 is 42.5. The summed E-state index contributed by atoms with van der Waals surface area (Å²) in [7, 11) is 1.70. The molecule has 0 spiro atoms. The molecule has 0 aliphatic carbocycles. The Morgan fingerprint density at radius 3 is 2.68 bits per heavy atom. The first-order chi connectivity index (χ1) is 8.50. The van der Waals surface area contributed by atoms with Gasteiger partial charge >= 0.3 is 6.18 Å². The lowest BCUT2D eigenvalue weighted by atomic mass is 10.1. The first-order valence-corrected chi connectivity index (χ1v) is 5.15. The van der Waals surface area contributed by atoms with Crippen molar-refractivity contribution in [3.05, 3.63) is 35.7 Å². The Kier molecular flexibility index (Phi) is 4.90. The lowest BCUT2D eigenvalue weighted by Crippen LogP contribution is -2.05. The number of nitrogens with one attached hydrogen (secondary N) is 1. The highest BCUT2D eigenvalue weighted by molar-refractivity contribution is 5.85. The van der Waals surface area contributed by atoms with Crippen molar-refractivity contribution >= 4 is 12.4 Å². The van der Waals surface area contributed by atoms with Gasteiger partial charge in [-0.1, -0.05) is 17.3 Å². The standard InChI is InChI=1S/C11H10F3N3O.ClH/c1-15-6-9-16-10(17-18-9)7-3-2-4-8(5-7)11(12,13)14;/h2-5,15H,6H2,1H3;1H. The molecule has 104 valence electrons. The van der Waals surface area contributed by atoms with Crippen LogP contribution in [0.2, 0.25) is 0 Å². The molecular weight excluding hydrogens is 283 g/mol. The van der Waals surface area contributed by atoms with E-state index in [4.69, 9.17) is 4.52 Å². The van der Waals surface area contributed by atoms with Crippen molar-refractivity contribution in [2.75, 3.05) is 7.05 Å². The largest absolute Gasteiger partial charge is 0.416 e. The van der Waals surface area contributed by atoms with Crippen LogP contribution in [0.15, 0.2) is 28.8 Å². The third-order valence-corrected chi connectivity index (χ3v) is 2.24. The molecule has 0 unspecified atom stereocenters. The maximum absolute atomic E-state index is 12.5. The summed E-state index contributed by atoms with van der Waals surface area (Å²) >= 11 is 0. The second-order valence-electron chi connectivity index (χ2n) is 3.62. The molecular formula is C11H11ClF3N3O. The van der Waals surface area contributed by atoms with Crippen LogP contribution in [-0.4, -0.2) is 17.2 Å². The zero-order chi connectivity index (χ0) is 13.2. The van der Waals surface area contributed by atoms with Crippen molar-refractivity contribution in [3.8, 4) is 11.4 Å². The monoisotopic (exact) mass is 293 g/mol. The van der Waals surface area contributed by atoms with Gasteiger partial charge in [0.25, 0.3) is 0 Å². The summed E-state index contributed by atoms with van der Waals surface area (Å²) in [4.78, 5) is 3.99. The van der Waals surface area contributed by atoms with E-state index in [2.05, 4.69) is 15.5 Å². The van der Waals surface area contributed by atoms with E-state index in [9.17, 15) is 13.2 Å². The summed E-state index contributed by atoms with van der Waals surface area (Å²) in [5, 5.41) is 6.44. The van der Waals surface area contributed by atoms with Crippen LogP contribution in [-0.2, 0) is 12.7 Å². The van der Waals surface area contributed by atoms with Crippen LogP contribution >= 0.6 is 12.4 Å². The Morgan fingerprint density at radius 2 is 2.05 bits per heavy atom. The van der Waals surface area contributed by atoms with Gasteiger partial charge in [-0.15, -0.1) is 12.4 Å². The number of nitrogens with zero attached hydrogens (tertiary/aromatic N) is 2. The van der Waals surface area contributed by atoms with Gasteiger partial charge in [0.2, 0.25) is 11.7 Å². The average Bonchev–Trinajstić information content (AvgIpc) is 2.77. The third-order valence-electron chi connectivity index (χ3n) is 2.24. The minimum atomic E-state index is -4.38. The Bertz CT molecular complexity index is 542. The molecule has 0 saturated heterocycles. The highest BCUT2D eigenvalue weighted by Crippen LogP contribution is 2.31. The van der Waals surface area contributed by atoms with Gasteiger partial charge in [0, 0.05) is 5.56 Å². The zero-order valence-electron chi connectivity index (χ0n) is 9.86. The van der Waals surface area contributed by atoms with Crippen LogP contribution in [0.3, 0.4) is 0 Å². The second kappa shape index (κ2) is 6.03. The molecule has 0 radical (unpaired) electrons. The second-order valence-corrected chi connectivity index (χ2v) is 3.62. The number of alkyl halides is 3. The normalized spacial score (nSPS) is 11.2. The molecule has 0 fully saturated rings. The lowest BCUT2D eigenvalue weighted by molar-refractivity contribution is -0.137. The van der Waals surface area contributed by atoms with Crippen molar-refractivity contribution in [2.24, 2.45) is 0 Å². The van der Waals surface area contributed by atoms with E-state index < -0.39 is 11.7 Å². The Labute approximate surface area is 113 Å². The Hall–Kier alpha value is -1.60. The topological polar surface area (TPSA) is 51.0 Å². The summed E-state index contributed by atoms with van der Waals surface area (Å²) in [6, 6.07) is 4.81. The van der Waals surface area contributed by atoms with E-state index >= 15 is 0 Å². The molecule has 1 aromatic heterocycles. The minimum absolute atomic E-state index is 0. The van der Waals surface area contributed by atoms with Crippen LogP contribution in [0.25, 0.3) is 11.4 Å². The van der Waals surface area contributed by atoms with Crippen LogP contribution in [0.1, 0.15) is 11.5 Å². The van der Waals surface area contributed by atoms with Crippen molar-refractivity contribution in [2.45, 2.75) is 12.7 Å². The van der Waals surface area contributed by atoms with E-state index in [0.717, 1.165) is 12.1 Å². The van der Waals surface area contributed by atoms with Gasteiger partial charge < -0.3 is 9.84 Å². The lowest BCUT2D eigenvalue weighted by Gasteiger charge is -2.06. The van der Waals surface area contributed by atoms with Crippen LogP contribution in [0.4, 0.5) is 13.2 Å². The Balaban J connectivity index is 0.00000180. The van der Waals surface area contributed by atoms with Gasteiger partial charge in [-0.05, 0) is 19.2 Å². The number of hydrogen-bond acceptors (Lipinski definition) is 4. The van der Waals surface area contributed by atoms with Gasteiger partial charge in [-0.25, -0.2) is 0 Å². The van der Waals surface area contributed by atoms with E-state index in [1.165, 1.54) is 12.1 Å². The summed E-state index contributed by atoms with van der Waals surface area (Å²) in [5.41, 5.74) is -0.462. The summed E-state index contributed by atoms with van der Waals surface area (Å²) in [5.74, 6) is 0.469. The fourth-order valence-electron chi connectivity index (χ4n) is 1.43.